The summed E-state index contributed by atoms with van der Waals surface area (Å²) in [6.45, 7) is 1.67. The van der Waals surface area contributed by atoms with Gasteiger partial charge in [0.2, 0.25) is 0 Å². The van der Waals surface area contributed by atoms with Crippen LogP contribution in [0.4, 0.5) is 5.69 Å². The Morgan fingerprint density at radius 1 is 0.964 bits per heavy atom. The third kappa shape index (κ3) is 3.33. The van der Waals surface area contributed by atoms with Crippen LogP contribution in [0, 0.1) is 0 Å². The molecule has 1 aromatic heterocycles. The Morgan fingerprint density at radius 3 is 2.50 bits per heavy atom. The highest BCUT2D eigenvalue weighted by molar-refractivity contribution is 7.85. The first-order chi connectivity index (χ1) is 13.3. The quantitative estimate of drug-likeness (QED) is 0.298. The fourth-order valence-corrected chi connectivity index (χ4v) is 3.54. The summed E-state index contributed by atoms with van der Waals surface area (Å²) in [6, 6.07) is 18.2. The Hall–Kier alpha value is -3.29. The average molecular weight is 392 g/mol. The zero-order valence-corrected chi connectivity index (χ0v) is 15.6. The molecular formula is C21H14NO5S-. The molecule has 4 aromatic rings. The Bertz CT molecular complexity index is 1420. The summed E-state index contributed by atoms with van der Waals surface area (Å²) in [4.78, 5) is 16.5. The van der Waals surface area contributed by atoms with Crippen molar-refractivity contribution >= 4 is 43.3 Å². The van der Waals surface area contributed by atoms with Gasteiger partial charge in [-0.05, 0) is 42.6 Å². The standard InChI is InChI=1S/C21H15NO5S/c1-13(17-11-15-5-2-3-8-20(15)27-21(17)23)22-19-7-4-6-14-9-10-16(12-18(14)19)28(24,25)26/h2-12H,1H3,(H,24,25,26)/p-1. The van der Waals surface area contributed by atoms with E-state index in [2.05, 4.69) is 4.99 Å². The molecule has 0 N–H and O–H groups in total. The van der Waals surface area contributed by atoms with E-state index < -0.39 is 15.7 Å². The van der Waals surface area contributed by atoms with Gasteiger partial charge in [0.1, 0.15) is 15.7 Å². The van der Waals surface area contributed by atoms with Gasteiger partial charge in [0.15, 0.2) is 0 Å². The van der Waals surface area contributed by atoms with E-state index in [1.165, 1.54) is 12.1 Å². The highest BCUT2D eigenvalue weighted by Gasteiger charge is 2.10. The maximum Gasteiger partial charge on any atom is 0.345 e. The number of para-hydroxylation sites is 1. The molecule has 0 saturated heterocycles. The largest absolute Gasteiger partial charge is 0.744 e. The second-order valence-electron chi connectivity index (χ2n) is 6.30. The van der Waals surface area contributed by atoms with Crippen molar-refractivity contribution in [3.63, 3.8) is 0 Å². The van der Waals surface area contributed by atoms with Gasteiger partial charge in [0.05, 0.1) is 21.9 Å². The van der Waals surface area contributed by atoms with Crippen LogP contribution in [-0.4, -0.2) is 18.7 Å². The minimum Gasteiger partial charge on any atom is -0.744 e. The van der Waals surface area contributed by atoms with Crippen LogP contribution < -0.4 is 5.63 Å². The van der Waals surface area contributed by atoms with Crippen LogP contribution in [0.25, 0.3) is 21.7 Å². The van der Waals surface area contributed by atoms with Gasteiger partial charge in [0.25, 0.3) is 0 Å². The van der Waals surface area contributed by atoms with Gasteiger partial charge in [0, 0.05) is 10.8 Å². The maximum atomic E-state index is 12.3. The van der Waals surface area contributed by atoms with Crippen molar-refractivity contribution in [2.24, 2.45) is 4.99 Å². The molecule has 0 fully saturated rings. The van der Waals surface area contributed by atoms with Gasteiger partial charge in [-0.25, -0.2) is 13.2 Å². The van der Waals surface area contributed by atoms with Crippen LogP contribution in [0.1, 0.15) is 12.5 Å². The number of nitrogens with zero attached hydrogens (tertiary/aromatic N) is 1. The van der Waals surface area contributed by atoms with Crippen LogP contribution >= 0.6 is 0 Å². The summed E-state index contributed by atoms with van der Waals surface area (Å²) < 4.78 is 39.4. The zero-order chi connectivity index (χ0) is 19.9. The first-order valence-electron chi connectivity index (χ1n) is 8.40. The number of hydrogen-bond donors (Lipinski definition) is 0. The highest BCUT2D eigenvalue weighted by atomic mass is 32.2. The molecule has 0 aliphatic carbocycles. The smallest absolute Gasteiger partial charge is 0.345 e. The van der Waals surface area contributed by atoms with Crippen molar-refractivity contribution in [1.29, 1.82) is 0 Å². The van der Waals surface area contributed by atoms with Gasteiger partial charge in [-0.2, -0.15) is 0 Å². The van der Waals surface area contributed by atoms with Crippen LogP contribution in [0.15, 0.2) is 85.8 Å². The lowest BCUT2D eigenvalue weighted by atomic mass is 10.1. The molecule has 0 saturated carbocycles. The third-order valence-corrected chi connectivity index (χ3v) is 5.27. The van der Waals surface area contributed by atoms with Gasteiger partial charge >= 0.3 is 5.63 Å². The highest BCUT2D eigenvalue weighted by Crippen LogP contribution is 2.29. The van der Waals surface area contributed by atoms with Crippen LogP contribution in [0.2, 0.25) is 0 Å². The fourth-order valence-electron chi connectivity index (χ4n) is 3.04. The van der Waals surface area contributed by atoms with E-state index in [-0.39, 0.29) is 4.90 Å². The molecule has 7 heteroatoms. The van der Waals surface area contributed by atoms with E-state index in [1.807, 2.05) is 12.1 Å². The predicted octanol–water partition coefficient (Wildman–Crippen LogP) is 3.99. The van der Waals surface area contributed by atoms with Crippen molar-refractivity contribution in [2.75, 3.05) is 0 Å². The summed E-state index contributed by atoms with van der Waals surface area (Å²) in [6.07, 6.45) is 0. The van der Waals surface area contributed by atoms with E-state index in [4.69, 9.17) is 4.42 Å². The second-order valence-corrected chi connectivity index (χ2v) is 7.68. The molecule has 0 spiro atoms. The van der Waals surface area contributed by atoms with E-state index in [0.717, 1.165) is 10.8 Å². The van der Waals surface area contributed by atoms with E-state index in [9.17, 15) is 17.8 Å². The Labute approximate surface area is 160 Å². The number of benzene rings is 3. The van der Waals surface area contributed by atoms with Crippen LogP contribution in [-0.2, 0) is 10.1 Å². The normalized spacial score (nSPS) is 12.6. The zero-order valence-electron chi connectivity index (χ0n) is 14.7. The monoisotopic (exact) mass is 392 g/mol. The molecule has 4 rings (SSSR count). The molecule has 3 aromatic carbocycles. The van der Waals surface area contributed by atoms with Crippen molar-refractivity contribution in [3.05, 3.63) is 82.7 Å². The Balaban J connectivity index is 1.90. The molecule has 0 bridgehead atoms. The molecule has 0 amide bonds. The molecule has 6 nitrogen and oxygen atoms in total. The lowest BCUT2D eigenvalue weighted by molar-refractivity contribution is 0.463. The SMILES string of the molecule is CC(=Nc1cccc2ccc(S(=O)(=O)[O-])cc12)c1cc2ccccc2oc1=O. The lowest BCUT2D eigenvalue weighted by Crippen LogP contribution is -2.11. The Kier molecular flexibility index (Phi) is 4.33. The van der Waals surface area contributed by atoms with Gasteiger partial charge in [-0.3, -0.25) is 4.99 Å². The van der Waals surface area contributed by atoms with Crippen molar-refractivity contribution in [1.82, 2.24) is 0 Å². The minimum absolute atomic E-state index is 0.309. The lowest BCUT2D eigenvalue weighted by Gasteiger charge is -2.10. The minimum atomic E-state index is -4.59. The molecular weight excluding hydrogens is 378 g/mol. The summed E-state index contributed by atoms with van der Waals surface area (Å²) >= 11 is 0. The van der Waals surface area contributed by atoms with E-state index in [0.29, 0.717) is 27.9 Å². The summed E-state index contributed by atoms with van der Waals surface area (Å²) in [5.74, 6) is 0. The predicted molar refractivity (Wildman–Crippen MR) is 106 cm³/mol. The number of fused-ring (bicyclic) bond motifs is 2. The molecule has 0 radical (unpaired) electrons. The summed E-state index contributed by atoms with van der Waals surface area (Å²) in [5, 5.41) is 2.00. The van der Waals surface area contributed by atoms with Gasteiger partial charge in [-0.1, -0.05) is 36.4 Å². The van der Waals surface area contributed by atoms with E-state index >= 15 is 0 Å². The average Bonchev–Trinajstić information content (AvgIpc) is 2.66. The number of aliphatic imine (C=N–C) groups is 1. The topological polar surface area (TPSA) is 99.8 Å². The Morgan fingerprint density at radius 2 is 1.71 bits per heavy atom. The van der Waals surface area contributed by atoms with Crippen molar-refractivity contribution in [3.8, 4) is 0 Å². The molecule has 140 valence electrons. The molecule has 1 heterocycles. The van der Waals surface area contributed by atoms with Gasteiger partial charge in [-0.15, -0.1) is 0 Å². The fraction of sp³-hybridized carbons (Fsp3) is 0.0476. The first kappa shape index (κ1) is 18.1. The summed E-state index contributed by atoms with van der Waals surface area (Å²) in [5.41, 5.74) is 1.15. The van der Waals surface area contributed by atoms with Crippen LogP contribution in [0.3, 0.4) is 0 Å². The van der Waals surface area contributed by atoms with Crippen molar-refractivity contribution < 1.29 is 17.4 Å². The van der Waals surface area contributed by atoms with E-state index in [1.54, 1.807) is 49.4 Å². The first-order valence-corrected chi connectivity index (χ1v) is 9.81. The molecule has 0 aliphatic rings. The molecule has 0 unspecified atom stereocenters. The maximum absolute atomic E-state index is 12.3. The van der Waals surface area contributed by atoms with Crippen LogP contribution in [0.5, 0.6) is 0 Å². The number of hydrogen-bond acceptors (Lipinski definition) is 6. The van der Waals surface area contributed by atoms with Crippen molar-refractivity contribution in [2.45, 2.75) is 11.8 Å². The third-order valence-electron chi connectivity index (χ3n) is 4.44. The molecule has 28 heavy (non-hydrogen) atoms. The van der Waals surface area contributed by atoms with Gasteiger partial charge < -0.3 is 8.97 Å². The molecule has 0 aliphatic heterocycles. The summed E-state index contributed by atoms with van der Waals surface area (Å²) in [7, 11) is -4.59. The molecule has 0 atom stereocenters. The number of rotatable bonds is 3. The second kappa shape index (κ2) is 6.70.